The van der Waals surface area contributed by atoms with Crippen LogP contribution in [0, 0.1) is 6.92 Å². The lowest BCUT2D eigenvalue weighted by atomic mass is 10.1. The fourth-order valence-electron chi connectivity index (χ4n) is 2.69. The molecule has 23 heavy (non-hydrogen) atoms. The Morgan fingerprint density at radius 2 is 1.87 bits per heavy atom. The quantitative estimate of drug-likeness (QED) is 0.727. The van der Waals surface area contributed by atoms with Gasteiger partial charge in [-0.2, -0.15) is 0 Å². The van der Waals surface area contributed by atoms with Crippen LogP contribution in [0.5, 0.6) is 5.75 Å². The molecule has 0 spiro atoms. The minimum atomic E-state index is 0.681. The van der Waals surface area contributed by atoms with Crippen molar-refractivity contribution in [3.8, 4) is 17.0 Å². The summed E-state index contributed by atoms with van der Waals surface area (Å²) in [5.74, 6) is 0.892. The number of aryl methyl sites for hydroxylation is 1. The van der Waals surface area contributed by atoms with Gasteiger partial charge in [-0.15, -0.1) is 0 Å². The molecule has 0 atom stereocenters. The van der Waals surface area contributed by atoms with Crippen molar-refractivity contribution in [2.24, 2.45) is 0 Å². The highest BCUT2D eigenvalue weighted by Gasteiger charge is 2.11. The molecule has 3 rings (SSSR count). The van der Waals surface area contributed by atoms with Crippen LogP contribution in [-0.2, 0) is 0 Å². The average Bonchev–Trinajstić information content (AvgIpc) is 2.91. The largest absolute Gasteiger partial charge is 0.494 e. The van der Waals surface area contributed by atoms with Gasteiger partial charge in [0.25, 0.3) is 0 Å². The van der Waals surface area contributed by atoms with Gasteiger partial charge in [0.15, 0.2) is 0 Å². The van der Waals surface area contributed by atoms with E-state index in [0.717, 1.165) is 47.0 Å². The van der Waals surface area contributed by atoms with E-state index in [1.807, 2.05) is 19.1 Å². The van der Waals surface area contributed by atoms with Crippen molar-refractivity contribution in [3.63, 3.8) is 0 Å². The standard InChI is InChI=1S/C19H23N3O/c1-4-12-20-16-8-11-18-21-19(14(3)22(18)13-16)15-6-9-17(10-7-15)23-5-2/h6-11,13,20H,4-5,12H2,1-3H3. The summed E-state index contributed by atoms with van der Waals surface area (Å²) >= 11 is 0. The highest BCUT2D eigenvalue weighted by atomic mass is 16.5. The van der Waals surface area contributed by atoms with Crippen molar-refractivity contribution in [1.29, 1.82) is 0 Å². The van der Waals surface area contributed by atoms with E-state index < -0.39 is 0 Å². The number of fused-ring (bicyclic) bond motifs is 1. The van der Waals surface area contributed by atoms with Crippen molar-refractivity contribution in [2.45, 2.75) is 27.2 Å². The van der Waals surface area contributed by atoms with E-state index in [-0.39, 0.29) is 0 Å². The molecule has 0 saturated heterocycles. The van der Waals surface area contributed by atoms with Gasteiger partial charge in [0, 0.05) is 24.0 Å². The van der Waals surface area contributed by atoms with Crippen molar-refractivity contribution < 1.29 is 4.74 Å². The molecule has 2 heterocycles. The topological polar surface area (TPSA) is 38.6 Å². The van der Waals surface area contributed by atoms with Crippen molar-refractivity contribution in [3.05, 3.63) is 48.3 Å². The Morgan fingerprint density at radius 3 is 2.57 bits per heavy atom. The number of ether oxygens (including phenoxy) is 1. The predicted octanol–water partition coefficient (Wildman–Crippen LogP) is 4.53. The van der Waals surface area contributed by atoms with Gasteiger partial charge in [-0.25, -0.2) is 4.98 Å². The summed E-state index contributed by atoms with van der Waals surface area (Å²) in [7, 11) is 0. The monoisotopic (exact) mass is 309 g/mol. The molecule has 0 aliphatic rings. The Bertz CT molecular complexity index is 790. The molecule has 1 aromatic carbocycles. The Morgan fingerprint density at radius 1 is 1.09 bits per heavy atom. The van der Waals surface area contributed by atoms with Gasteiger partial charge in [0.2, 0.25) is 0 Å². The summed E-state index contributed by atoms with van der Waals surface area (Å²) in [6.07, 6.45) is 3.23. The van der Waals surface area contributed by atoms with Gasteiger partial charge >= 0.3 is 0 Å². The van der Waals surface area contributed by atoms with E-state index in [4.69, 9.17) is 9.72 Å². The fraction of sp³-hybridized carbons (Fsp3) is 0.316. The summed E-state index contributed by atoms with van der Waals surface area (Å²) in [6.45, 7) is 7.92. The molecule has 1 N–H and O–H groups in total. The van der Waals surface area contributed by atoms with Crippen LogP contribution in [0.2, 0.25) is 0 Å². The lowest BCUT2D eigenvalue weighted by Gasteiger charge is -2.06. The summed E-state index contributed by atoms with van der Waals surface area (Å²) in [4.78, 5) is 4.77. The Kier molecular flexibility index (Phi) is 4.51. The Hall–Kier alpha value is -2.49. The molecule has 4 nitrogen and oxygen atoms in total. The Labute approximate surface area is 137 Å². The third-order valence-electron chi connectivity index (χ3n) is 3.88. The molecule has 0 radical (unpaired) electrons. The highest BCUT2D eigenvalue weighted by molar-refractivity contribution is 5.68. The molecule has 0 unspecified atom stereocenters. The number of hydrogen-bond donors (Lipinski definition) is 1. The number of nitrogens with zero attached hydrogens (tertiary/aromatic N) is 2. The molecule has 120 valence electrons. The maximum atomic E-state index is 5.51. The van der Waals surface area contributed by atoms with Gasteiger partial charge in [0.05, 0.1) is 18.0 Å². The van der Waals surface area contributed by atoms with E-state index in [1.54, 1.807) is 0 Å². The van der Waals surface area contributed by atoms with Crippen LogP contribution in [0.3, 0.4) is 0 Å². The third kappa shape index (κ3) is 3.16. The van der Waals surface area contributed by atoms with Crippen molar-refractivity contribution in [2.75, 3.05) is 18.5 Å². The van der Waals surface area contributed by atoms with Crippen molar-refractivity contribution in [1.82, 2.24) is 9.38 Å². The number of hydrogen-bond acceptors (Lipinski definition) is 3. The second-order valence-electron chi connectivity index (χ2n) is 5.58. The Balaban J connectivity index is 1.96. The van der Waals surface area contributed by atoms with Crippen LogP contribution in [0.4, 0.5) is 5.69 Å². The third-order valence-corrected chi connectivity index (χ3v) is 3.88. The number of pyridine rings is 1. The normalized spacial score (nSPS) is 10.9. The second kappa shape index (κ2) is 6.73. The van der Waals surface area contributed by atoms with E-state index >= 15 is 0 Å². The lowest BCUT2D eigenvalue weighted by Crippen LogP contribution is -2.01. The number of aromatic nitrogens is 2. The van der Waals surface area contributed by atoms with E-state index in [9.17, 15) is 0 Å². The first-order valence-corrected chi connectivity index (χ1v) is 8.18. The van der Waals surface area contributed by atoms with Crippen LogP contribution in [0.25, 0.3) is 16.9 Å². The second-order valence-corrected chi connectivity index (χ2v) is 5.58. The fourth-order valence-corrected chi connectivity index (χ4v) is 2.69. The molecule has 0 amide bonds. The van der Waals surface area contributed by atoms with Gasteiger partial charge in [-0.05, 0) is 56.7 Å². The smallest absolute Gasteiger partial charge is 0.137 e. The number of anilines is 1. The first-order valence-electron chi connectivity index (χ1n) is 8.18. The average molecular weight is 309 g/mol. The minimum Gasteiger partial charge on any atom is -0.494 e. The predicted molar refractivity (Wildman–Crippen MR) is 95.3 cm³/mol. The molecule has 3 aromatic rings. The minimum absolute atomic E-state index is 0.681. The SMILES string of the molecule is CCCNc1ccc2nc(-c3ccc(OCC)cc3)c(C)n2c1. The molecular weight excluding hydrogens is 286 g/mol. The summed E-state index contributed by atoms with van der Waals surface area (Å²) < 4.78 is 7.65. The summed E-state index contributed by atoms with van der Waals surface area (Å²) in [5.41, 5.74) is 5.36. The summed E-state index contributed by atoms with van der Waals surface area (Å²) in [6, 6.07) is 12.3. The van der Waals surface area contributed by atoms with Gasteiger partial charge in [-0.1, -0.05) is 6.92 Å². The first-order chi connectivity index (χ1) is 11.2. The molecule has 0 fully saturated rings. The van der Waals surface area contributed by atoms with E-state index in [0.29, 0.717) is 6.61 Å². The first kappa shape index (κ1) is 15.4. The molecule has 0 bridgehead atoms. The zero-order valence-electron chi connectivity index (χ0n) is 14.0. The van der Waals surface area contributed by atoms with Gasteiger partial charge in [-0.3, -0.25) is 0 Å². The maximum Gasteiger partial charge on any atom is 0.137 e. The maximum absolute atomic E-state index is 5.51. The zero-order valence-corrected chi connectivity index (χ0v) is 14.0. The van der Waals surface area contributed by atoms with Gasteiger partial charge in [0.1, 0.15) is 11.4 Å². The number of benzene rings is 1. The van der Waals surface area contributed by atoms with E-state index in [1.165, 1.54) is 0 Å². The molecular formula is C19H23N3O. The molecule has 4 heteroatoms. The molecule has 0 saturated carbocycles. The molecule has 0 aliphatic heterocycles. The zero-order chi connectivity index (χ0) is 16.2. The van der Waals surface area contributed by atoms with Crippen LogP contribution >= 0.6 is 0 Å². The van der Waals surface area contributed by atoms with Crippen LogP contribution in [0.15, 0.2) is 42.6 Å². The summed E-state index contributed by atoms with van der Waals surface area (Å²) in [5, 5.41) is 3.42. The lowest BCUT2D eigenvalue weighted by molar-refractivity contribution is 0.340. The van der Waals surface area contributed by atoms with Crippen LogP contribution < -0.4 is 10.1 Å². The number of nitrogens with one attached hydrogen (secondary N) is 1. The van der Waals surface area contributed by atoms with Crippen molar-refractivity contribution >= 4 is 11.3 Å². The number of imidazole rings is 1. The molecule has 2 aromatic heterocycles. The number of rotatable bonds is 6. The van der Waals surface area contributed by atoms with Crippen LogP contribution in [-0.4, -0.2) is 22.5 Å². The van der Waals surface area contributed by atoms with Crippen LogP contribution in [0.1, 0.15) is 26.0 Å². The highest BCUT2D eigenvalue weighted by Crippen LogP contribution is 2.26. The van der Waals surface area contributed by atoms with Gasteiger partial charge < -0.3 is 14.5 Å². The van der Waals surface area contributed by atoms with E-state index in [2.05, 4.69) is 54.0 Å². The molecule has 0 aliphatic carbocycles.